The van der Waals surface area contributed by atoms with Crippen molar-refractivity contribution in [1.29, 1.82) is 5.26 Å². The third-order valence-electron chi connectivity index (χ3n) is 2.31. The van der Waals surface area contributed by atoms with Crippen LogP contribution in [0.15, 0.2) is 24.3 Å². The highest BCUT2D eigenvalue weighted by Gasteiger charge is 2.05. The average Bonchev–Trinajstić information content (AvgIpc) is 2.26. The van der Waals surface area contributed by atoms with Crippen LogP contribution in [-0.4, -0.2) is 0 Å². The number of benzene rings is 1. The number of unbranched alkanes of at least 4 members (excludes halogenated alkanes) is 1. The van der Waals surface area contributed by atoms with Crippen LogP contribution in [-0.2, 0) is 0 Å². The quantitative estimate of drug-likeness (QED) is 0.789. The number of nitrogens with zero attached hydrogens (tertiary/aromatic N) is 1. The fraction of sp³-hybridized carbons (Fsp3) is 0.417. The van der Waals surface area contributed by atoms with Gasteiger partial charge in [0, 0.05) is 6.04 Å². The highest BCUT2D eigenvalue weighted by Crippen LogP contribution is 2.17. The summed E-state index contributed by atoms with van der Waals surface area (Å²) in [7, 11) is 0. The Morgan fingerprint density at radius 1 is 1.50 bits per heavy atom. The molecule has 0 saturated carbocycles. The highest BCUT2D eigenvalue weighted by atomic mass is 14.6. The molecule has 14 heavy (non-hydrogen) atoms. The molecule has 2 heteroatoms. The van der Waals surface area contributed by atoms with Crippen molar-refractivity contribution in [3.8, 4) is 6.07 Å². The van der Waals surface area contributed by atoms with Crippen molar-refractivity contribution >= 4 is 0 Å². The minimum Gasteiger partial charge on any atom is -0.324 e. The van der Waals surface area contributed by atoms with Gasteiger partial charge in [-0.15, -0.1) is 0 Å². The molecular weight excluding hydrogens is 172 g/mol. The second-order valence-corrected chi connectivity index (χ2v) is 3.49. The first-order valence-electron chi connectivity index (χ1n) is 5.03. The lowest BCUT2D eigenvalue weighted by molar-refractivity contribution is 0.603. The SMILES string of the molecule is CCCCC(N)c1cccc(C#N)c1. The summed E-state index contributed by atoms with van der Waals surface area (Å²) in [6.07, 6.45) is 3.29. The van der Waals surface area contributed by atoms with Crippen LogP contribution < -0.4 is 5.73 Å². The Balaban J connectivity index is 2.70. The van der Waals surface area contributed by atoms with Crippen LogP contribution in [0.1, 0.15) is 43.4 Å². The molecule has 1 aromatic carbocycles. The maximum absolute atomic E-state index is 8.73. The topological polar surface area (TPSA) is 49.8 Å². The van der Waals surface area contributed by atoms with E-state index in [1.54, 1.807) is 6.07 Å². The molecule has 1 rings (SSSR count). The minimum absolute atomic E-state index is 0.0725. The second-order valence-electron chi connectivity index (χ2n) is 3.49. The molecule has 0 bridgehead atoms. The van der Waals surface area contributed by atoms with E-state index in [1.807, 2.05) is 18.2 Å². The Hall–Kier alpha value is -1.33. The number of nitrogens with two attached hydrogens (primary N) is 1. The van der Waals surface area contributed by atoms with Crippen LogP contribution in [0.2, 0.25) is 0 Å². The average molecular weight is 188 g/mol. The number of hydrogen-bond acceptors (Lipinski definition) is 2. The molecule has 2 nitrogen and oxygen atoms in total. The van der Waals surface area contributed by atoms with Crippen LogP contribution in [0.5, 0.6) is 0 Å². The van der Waals surface area contributed by atoms with Crippen LogP contribution in [0.3, 0.4) is 0 Å². The first-order chi connectivity index (χ1) is 6.77. The third-order valence-corrected chi connectivity index (χ3v) is 2.31. The monoisotopic (exact) mass is 188 g/mol. The van der Waals surface area contributed by atoms with Gasteiger partial charge in [-0.1, -0.05) is 31.9 Å². The van der Waals surface area contributed by atoms with E-state index in [0.29, 0.717) is 5.56 Å². The maximum atomic E-state index is 8.73. The number of nitriles is 1. The van der Waals surface area contributed by atoms with E-state index in [0.717, 1.165) is 24.8 Å². The maximum Gasteiger partial charge on any atom is 0.0991 e. The van der Waals surface area contributed by atoms with Crippen molar-refractivity contribution in [2.75, 3.05) is 0 Å². The van der Waals surface area contributed by atoms with Crippen molar-refractivity contribution in [3.63, 3.8) is 0 Å². The molecule has 0 saturated heterocycles. The smallest absolute Gasteiger partial charge is 0.0991 e. The summed E-state index contributed by atoms with van der Waals surface area (Å²) < 4.78 is 0. The van der Waals surface area contributed by atoms with E-state index in [4.69, 9.17) is 11.0 Å². The van der Waals surface area contributed by atoms with Crippen molar-refractivity contribution in [2.45, 2.75) is 32.2 Å². The van der Waals surface area contributed by atoms with Crippen molar-refractivity contribution in [3.05, 3.63) is 35.4 Å². The zero-order valence-corrected chi connectivity index (χ0v) is 8.53. The molecule has 0 heterocycles. The fourth-order valence-electron chi connectivity index (χ4n) is 1.43. The summed E-state index contributed by atoms with van der Waals surface area (Å²) in [5.74, 6) is 0. The molecule has 0 amide bonds. The summed E-state index contributed by atoms with van der Waals surface area (Å²) in [5.41, 5.74) is 7.75. The van der Waals surface area contributed by atoms with Gasteiger partial charge in [0.25, 0.3) is 0 Å². The summed E-state index contributed by atoms with van der Waals surface area (Å²) in [5, 5.41) is 8.73. The molecule has 1 aromatic rings. The lowest BCUT2D eigenvalue weighted by atomic mass is 10.0. The molecule has 0 spiro atoms. The number of hydrogen-bond donors (Lipinski definition) is 1. The summed E-state index contributed by atoms with van der Waals surface area (Å²) in [4.78, 5) is 0. The number of rotatable bonds is 4. The van der Waals surface area contributed by atoms with E-state index in [-0.39, 0.29) is 6.04 Å². The van der Waals surface area contributed by atoms with E-state index >= 15 is 0 Å². The molecule has 0 aliphatic heterocycles. The predicted molar refractivity (Wildman–Crippen MR) is 57.6 cm³/mol. The van der Waals surface area contributed by atoms with Crippen LogP contribution in [0, 0.1) is 11.3 Å². The Kier molecular flexibility index (Phi) is 4.15. The van der Waals surface area contributed by atoms with Gasteiger partial charge in [-0.05, 0) is 24.1 Å². The largest absolute Gasteiger partial charge is 0.324 e. The Bertz CT molecular complexity index is 325. The zero-order valence-electron chi connectivity index (χ0n) is 8.53. The van der Waals surface area contributed by atoms with Gasteiger partial charge in [0.2, 0.25) is 0 Å². The zero-order chi connectivity index (χ0) is 10.4. The molecule has 1 atom stereocenters. The van der Waals surface area contributed by atoms with Crippen LogP contribution in [0.25, 0.3) is 0 Å². The molecule has 2 N–H and O–H groups in total. The van der Waals surface area contributed by atoms with Gasteiger partial charge in [0.1, 0.15) is 0 Å². The van der Waals surface area contributed by atoms with Gasteiger partial charge in [-0.2, -0.15) is 5.26 Å². The molecule has 1 unspecified atom stereocenters. The van der Waals surface area contributed by atoms with Gasteiger partial charge in [-0.25, -0.2) is 0 Å². The third kappa shape index (κ3) is 2.86. The minimum atomic E-state index is 0.0725. The van der Waals surface area contributed by atoms with Crippen molar-refractivity contribution in [1.82, 2.24) is 0 Å². The van der Waals surface area contributed by atoms with E-state index in [1.165, 1.54) is 0 Å². The Labute approximate surface area is 85.4 Å². The van der Waals surface area contributed by atoms with Gasteiger partial charge in [0.15, 0.2) is 0 Å². The van der Waals surface area contributed by atoms with Gasteiger partial charge in [0.05, 0.1) is 11.6 Å². The normalized spacial score (nSPS) is 12.1. The fourth-order valence-corrected chi connectivity index (χ4v) is 1.43. The van der Waals surface area contributed by atoms with E-state index < -0.39 is 0 Å². The van der Waals surface area contributed by atoms with Gasteiger partial charge >= 0.3 is 0 Å². The Morgan fingerprint density at radius 3 is 2.93 bits per heavy atom. The Morgan fingerprint density at radius 2 is 2.29 bits per heavy atom. The first kappa shape index (κ1) is 10.7. The summed E-state index contributed by atoms with van der Waals surface area (Å²) in [6.45, 7) is 2.15. The molecule has 0 aliphatic rings. The molecule has 74 valence electrons. The van der Waals surface area contributed by atoms with Crippen molar-refractivity contribution in [2.24, 2.45) is 5.73 Å². The highest BCUT2D eigenvalue weighted by molar-refractivity contribution is 5.34. The van der Waals surface area contributed by atoms with Gasteiger partial charge in [-0.3, -0.25) is 0 Å². The van der Waals surface area contributed by atoms with Gasteiger partial charge < -0.3 is 5.73 Å². The summed E-state index contributed by atoms with van der Waals surface area (Å²) >= 11 is 0. The molecule has 0 aromatic heterocycles. The standard InChI is InChI=1S/C12H16N2/c1-2-3-7-12(14)11-6-4-5-10(8-11)9-13/h4-6,8,12H,2-3,7,14H2,1H3. The lowest BCUT2D eigenvalue weighted by Crippen LogP contribution is -2.09. The second kappa shape index (κ2) is 5.41. The molecule has 0 fully saturated rings. The van der Waals surface area contributed by atoms with Crippen LogP contribution in [0.4, 0.5) is 0 Å². The van der Waals surface area contributed by atoms with Crippen LogP contribution >= 0.6 is 0 Å². The molecule has 0 aliphatic carbocycles. The lowest BCUT2D eigenvalue weighted by Gasteiger charge is -2.11. The van der Waals surface area contributed by atoms with E-state index in [2.05, 4.69) is 13.0 Å². The molecular formula is C12H16N2. The van der Waals surface area contributed by atoms with Crippen molar-refractivity contribution < 1.29 is 0 Å². The first-order valence-corrected chi connectivity index (χ1v) is 5.03. The predicted octanol–water partition coefficient (Wildman–Crippen LogP) is 2.75. The molecule has 0 radical (unpaired) electrons. The van der Waals surface area contributed by atoms with E-state index in [9.17, 15) is 0 Å². The summed E-state index contributed by atoms with van der Waals surface area (Å²) in [6, 6.07) is 9.75.